The quantitative estimate of drug-likeness (QED) is 0.0254. The lowest BCUT2D eigenvalue weighted by atomic mass is 10.1. The van der Waals surface area contributed by atoms with Crippen molar-refractivity contribution in [1.82, 2.24) is 9.13 Å². The largest absolute Gasteiger partial charge is 0.508 e. The summed E-state index contributed by atoms with van der Waals surface area (Å²) in [5.41, 5.74) is 16.5. The number of fused-ring (bicyclic) bond motifs is 3. The molecular formula is C102H117Cl3I2N9O11P. The second-order valence-corrected chi connectivity index (χ2v) is 41.3. The average molecular weight is 2040 g/mol. The van der Waals surface area contributed by atoms with Crippen molar-refractivity contribution in [1.29, 1.82) is 10.5 Å². The Balaban J connectivity index is 0.000000151. The van der Waals surface area contributed by atoms with E-state index >= 15 is 0 Å². The van der Waals surface area contributed by atoms with E-state index in [1.54, 1.807) is 52.6 Å². The summed E-state index contributed by atoms with van der Waals surface area (Å²) in [7, 11) is 8.01. The van der Waals surface area contributed by atoms with E-state index in [9.17, 15) is 24.3 Å². The van der Waals surface area contributed by atoms with Gasteiger partial charge in [-0.25, -0.2) is 4.79 Å². The fourth-order valence-corrected chi connectivity index (χ4v) is 19.4. The SMILES string of the molecule is CC(C)(C)P(c1ccccc1-c1ccccc1)C(C)(C)C.COc1ccc2c(C#N)cn(C3CC3)c2c1.COc1ccc2c(c1)N(C1CC1)C(=O)C2.COc1cccc(I)c1.COc1cccc(N(C(=O)CCl)C2CC2)c1.COc1cccc(NC2CC2)c1.N#Cc1cn(C2CC2)c2cc(O)ccc12.NC1CC1.O=C(Cl)CCl.O=C(Nc1ccc(I)cc1)OCC1CC1. The highest BCUT2D eigenvalue weighted by Crippen LogP contribution is 2.59. The van der Waals surface area contributed by atoms with Crippen LogP contribution in [0.2, 0.25) is 0 Å². The van der Waals surface area contributed by atoms with Crippen molar-refractivity contribution in [2.75, 3.05) is 74.3 Å². The summed E-state index contributed by atoms with van der Waals surface area (Å²) in [5.74, 6) is 5.24. The Hall–Kier alpha value is -9.76. The van der Waals surface area contributed by atoms with Gasteiger partial charge in [-0.05, 0) is 282 Å². The Bertz CT molecular complexity index is 5560. The van der Waals surface area contributed by atoms with Gasteiger partial charge in [-0.15, -0.1) is 23.2 Å². The third kappa shape index (κ3) is 31.8. The molecule has 1 aliphatic heterocycles. The van der Waals surface area contributed by atoms with E-state index in [1.807, 2.05) is 151 Å². The lowest BCUT2D eigenvalue weighted by molar-refractivity contribution is -0.117. The molecule has 3 heterocycles. The second kappa shape index (κ2) is 48.8. The Morgan fingerprint density at radius 3 is 1.55 bits per heavy atom. The zero-order chi connectivity index (χ0) is 92.2. The number of alkyl halides is 2. The van der Waals surface area contributed by atoms with Gasteiger partial charge in [0.2, 0.25) is 17.1 Å². The van der Waals surface area contributed by atoms with Crippen LogP contribution in [-0.4, -0.2) is 126 Å². The lowest BCUT2D eigenvalue weighted by Crippen LogP contribution is -2.33. The molecule has 0 spiro atoms. The third-order valence-corrected chi connectivity index (χ3v) is 27.0. The minimum atomic E-state index is -0.508. The molecule has 11 aromatic rings. The molecule has 0 saturated heterocycles. The predicted molar refractivity (Wildman–Crippen MR) is 538 cm³/mol. The summed E-state index contributed by atoms with van der Waals surface area (Å²) in [6, 6.07) is 75.4. The number of hydrogen-bond donors (Lipinski definition) is 4. The number of hydrogen-bond acceptors (Lipinski definition) is 15. The van der Waals surface area contributed by atoms with Gasteiger partial charge in [-0.3, -0.25) is 19.7 Å². The molecule has 20 nitrogen and oxygen atoms in total. The molecule has 7 fully saturated rings. The van der Waals surface area contributed by atoms with Crippen LogP contribution in [0.15, 0.2) is 219 Å². The molecule has 0 bridgehead atoms. The highest BCUT2D eigenvalue weighted by Gasteiger charge is 2.40. The number of nitrogens with zero attached hydrogens (tertiary/aromatic N) is 6. The van der Waals surface area contributed by atoms with Crippen molar-refractivity contribution in [2.24, 2.45) is 11.7 Å². The van der Waals surface area contributed by atoms with Crippen molar-refractivity contribution in [3.63, 3.8) is 0 Å². The van der Waals surface area contributed by atoms with Crippen molar-refractivity contribution in [3.05, 3.63) is 242 Å². The van der Waals surface area contributed by atoms with Crippen LogP contribution in [0.3, 0.4) is 0 Å². The van der Waals surface area contributed by atoms with Crippen LogP contribution in [0.5, 0.6) is 34.5 Å². The number of nitrogens with two attached hydrogens (primary N) is 1. The van der Waals surface area contributed by atoms with E-state index in [2.05, 4.69) is 179 Å². The van der Waals surface area contributed by atoms with Crippen molar-refractivity contribution < 1.29 is 52.7 Å². The topological polar surface area (TPSA) is 258 Å². The van der Waals surface area contributed by atoms with Gasteiger partial charge in [0.1, 0.15) is 52.5 Å². The van der Waals surface area contributed by atoms with Crippen molar-refractivity contribution >= 4 is 161 Å². The Kier molecular flexibility index (Phi) is 38.2. The molecule has 26 heteroatoms. The summed E-state index contributed by atoms with van der Waals surface area (Å²) in [6.07, 6.45) is 20.7. The smallest absolute Gasteiger partial charge is 0.411 e. The number of carbonyl (C=O) groups is 4. The van der Waals surface area contributed by atoms with Gasteiger partial charge in [-0.2, -0.15) is 10.5 Å². The highest BCUT2D eigenvalue weighted by atomic mass is 127. The van der Waals surface area contributed by atoms with E-state index in [4.69, 9.17) is 79.5 Å². The molecule has 676 valence electrons. The maximum atomic E-state index is 11.8. The molecule has 128 heavy (non-hydrogen) atoms. The summed E-state index contributed by atoms with van der Waals surface area (Å²) < 4.78 is 37.4. The van der Waals surface area contributed by atoms with E-state index in [1.165, 1.54) is 84.2 Å². The van der Waals surface area contributed by atoms with Crippen LogP contribution in [0.25, 0.3) is 32.9 Å². The maximum Gasteiger partial charge on any atom is 0.411 e. The van der Waals surface area contributed by atoms with E-state index < -0.39 is 5.24 Å². The number of nitrogens with one attached hydrogen (secondary N) is 2. The van der Waals surface area contributed by atoms with Gasteiger partial charge in [0.25, 0.3) is 0 Å². The number of halogens is 5. The first-order valence-corrected chi connectivity index (χ1v) is 48.1. The van der Waals surface area contributed by atoms with Gasteiger partial charge in [0.05, 0.1) is 82.3 Å². The number of aromatic hydroxyl groups is 1. The Morgan fingerprint density at radius 2 is 1.05 bits per heavy atom. The number of carbonyl (C=O) groups excluding carboxylic acids is 4. The van der Waals surface area contributed by atoms with Crippen LogP contribution in [-0.2, 0) is 25.5 Å². The Morgan fingerprint density at radius 1 is 0.547 bits per heavy atom. The molecule has 7 aliphatic carbocycles. The predicted octanol–water partition coefficient (Wildman–Crippen LogP) is 24.6. The molecule has 8 aliphatic rings. The van der Waals surface area contributed by atoms with Gasteiger partial charge in [0, 0.05) is 114 Å². The summed E-state index contributed by atoms with van der Waals surface area (Å²) in [5, 5.41) is 37.2. The first kappa shape index (κ1) is 100. The fraction of sp³-hybridized carbons (Fsp3) is 0.373. The average Bonchev–Trinajstić information content (AvgIpc) is 1.68. The summed E-state index contributed by atoms with van der Waals surface area (Å²) >= 11 is 19.6. The van der Waals surface area contributed by atoms with Crippen molar-refractivity contribution in [3.8, 4) is 57.8 Å². The molecule has 9 aromatic carbocycles. The minimum absolute atomic E-state index is 0.0215. The lowest BCUT2D eigenvalue weighted by Gasteiger charge is -2.42. The number of anilines is 4. The second-order valence-electron chi connectivity index (χ2n) is 34.0. The van der Waals surface area contributed by atoms with Crippen molar-refractivity contribution in [2.45, 2.75) is 184 Å². The zero-order valence-electron chi connectivity index (χ0n) is 74.7. The van der Waals surface area contributed by atoms with E-state index in [0.29, 0.717) is 71.1 Å². The molecule has 0 radical (unpaired) electrons. The molecule has 2 aromatic heterocycles. The number of phenols is 1. The standard InChI is InChI=1S/C20H27P.C13H12N2O.C12H14ClNO2.C12H10N2O.C12H13NO2.C11H12INO2.C10H13NO.C7H7IO.C3H7N.C2H2Cl2O/c1-19(2,3)21(20(4,5)6)18-15-11-10-14-17(18)16-12-8-7-9-13-16;1-16-11-4-5-12-9(7-14)8-15(10-2-3-10)13(12)6-11;1-16-11-4-2-3-10(7-11)14(9-5-6-9)12(15)8-13;13-6-8-7-14(9-1-2-9)12-5-10(15)3-4-11(8)12;1-15-10-5-2-8-6-12(14)13(9-3-4-9)11(8)7-10;12-9-3-5-10(6-4-9)13-11(14)15-7-8-1-2-8;1-12-10-4-2-3-9(7-10)11-8-5-6-8;1-9-7-4-2-3-6(8)5-7;4-3-1-2-3;3-1-2(4)5/h7-15H,1-6H3;4-6,8,10H,2-3H2,1H3;2-4,7,9H,5-6,8H2,1H3;3-5,7,9,15H,1-2H2;2,5,7,9H,3-4,6H2,1H3;3-6,8H,1-2,7H2,(H,13,14);2-4,7-8,11H,5-6H2,1H3;2-5H,1H3;3H,1-2,4H2;1H2. The first-order chi connectivity index (χ1) is 61.5. The van der Waals surface area contributed by atoms with Crippen LogP contribution in [0.4, 0.5) is 27.5 Å². The number of nitriles is 2. The monoisotopic (exact) mass is 2030 g/mol. The van der Waals surface area contributed by atoms with Crippen LogP contribution >= 0.6 is 87.9 Å². The molecule has 0 unspecified atom stereocenters. The number of aromatic nitrogens is 2. The van der Waals surface area contributed by atoms with Crippen LogP contribution in [0.1, 0.15) is 160 Å². The number of amides is 3. The molecule has 19 rings (SSSR count). The number of methoxy groups -OCH3 is 5. The number of ether oxygens (including phenoxy) is 6. The van der Waals surface area contributed by atoms with Gasteiger partial charge >= 0.3 is 6.09 Å². The normalized spacial score (nSPS) is 14.8. The van der Waals surface area contributed by atoms with Gasteiger partial charge in [0.15, 0.2) is 0 Å². The van der Waals surface area contributed by atoms with Crippen LogP contribution < -0.4 is 55.2 Å². The first-order valence-electron chi connectivity index (χ1n) is 43.2. The molecule has 0 atom stereocenters. The minimum Gasteiger partial charge on any atom is -0.508 e. The molecule has 3 amide bonds. The zero-order valence-corrected chi connectivity index (χ0v) is 82.2. The van der Waals surface area contributed by atoms with E-state index in [-0.39, 0.29) is 43.3 Å². The number of phenolic OH excluding ortho intramolecular Hbond substituents is 1. The summed E-state index contributed by atoms with van der Waals surface area (Å²) in [4.78, 5) is 48.0. The van der Waals surface area contributed by atoms with E-state index in [0.717, 1.165) is 114 Å². The van der Waals surface area contributed by atoms with Crippen LogP contribution in [0, 0.1) is 35.7 Å². The maximum absolute atomic E-state index is 11.8. The number of benzene rings is 9. The number of rotatable bonds is 19. The fourth-order valence-electron chi connectivity index (χ4n) is 14.3. The molecule has 5 N–H and O–H groups in total. The summed E-state index contributed by atoms with van der Waals surface area (Å²) in [6.45, 7) is 14.8. The van der Waals surface area contributed by atoms with Gasteiger partial charge in [-0.1, -0.05) is 128 Å². The highest BCUT2D eigenvalue weighted by molar-refractivity contribution is 14.1. The molecule has 7 saturated carbocycles. The Labute approximate surface area is 797 Å². The third-order valence-electron chi connectivity index (χ3n) is 21.3. The van der Waals surface area contributed by atoms with Gasteiger partial charge < -0.3 is 63.5 Å². The molecular weight excluding hydrogens is 1920 g/mol.